The normalized spacial score (nSPS) is 24.9. The lowest BCUT2D eigenvalue weighted by Gasteiger charge is -2.35. The van der Waals surface area contributed by atoms with Crippen LogP contribution in [0.5, 0.6) is 5.75 Å². The van der Waals surface area contributed by atoms with Crippen LogP contribution in [-0.2, 0) is 0 Å². The van der Waals surface area contributed by atoms with Gasteiger partial charge in [-0.05, 0) is 93.2 Å². The van der Waals surface area contributed by atoms with Crippen molar-refractivity contribution in [3.05, 3.63) is 65.2 Å². The summed E-state index contributed by atoms with van der Waals surface area (Å²) in [6, 6.07) is 5.39. The summed E-state index contributed by atoms with van der Waals surface area (Å²) in [6.45, 7) is 4.05. The van der Waals surface area contributed by atoms with E-state index in [1.807, 2.05) is 0 Å². The Morgan fingerprint density at radius 3 is 2.03 bits per heavy atom. The van der Waals surface area contributed by atoms with Crippen LogP contribution in [0, 0.1) is 41.0 Å². The maximum Gasteiger partial charge on any atom is 0.201 e. The van der Waals surface area contributed by atoms with E-state index in [9.17, 15) is 8.78 Å². The van der Waals surface area contributed by atoms with Crippen LogP contribution in [0.2, 0.25) is 0 Å². The Morgan fingerprint density at radius 1 is 0.735 bits per heavy atom. The lowest BCUT2D eigenvalue weighted by Crippen LogP contribution is -2.23. The number of allylic oxidation sites excluding steroid dienone is 2. The van der Waals surface area contributed by atoms with Gasteiger partial charge >= 0.3 is 0 Å². The highest BCUT2D eigenvalue weighted by Crippen LogP contribution is 2.44. The molecule has 184 valence electrons. The average Bonchev–Trinajstić information content (AvgIpc) is 2.85. The second-order valence-electron chi connectivity index (χ2n) is 9.79. The van der Waals surface area contributed by atoms with Crippen molar-refractivity contribution in [2.75, 3.05) is 6.61 Å². The minimum absolute atomic E-state index is 0.0536. The molecule has 0 bridgehead atoms. The molecule has 34 heavy (non-hydrogen) atoms. The first-order valence-electron chi connectivity index (χ1n) is 12.7. The predicted octanol–water partition coefficient (Wildman–Crippen LogP) is 8.96. The van der Waals surface area contributed by atoms with E-state index in [2.05, 4.69) is 19.1 Å². The Labute approximate surface area is 200 Å². The van der Waals surface area contributed by atoms with Crippen molar-refractivity contribution in [2.45, 2.75) is 71.1 Å². The summed E-state index contributed by atoms with van der Waals surface area (Å²) >= 11 is 0. The summed E-state index contributed by atoms with van der Waals surface area (Å²) in [5.74, 6) is -2.90. The summed E-state index contributed by atoms with van der Waals surface area (Å²) in [6.07, 6.45) is 13.4. The van der Waals surface area contributed by atoms with Gasteiger partial charge in [0.05, 0.1) is 6.61 Å². The quantitative estimate of drug-likeness (QED) is 0.287. The van der Waals surface area contributed by atoms with E-state index >= 15 is 8.78 Å². The van der Waals surface area contributed by atoms with Crippen molar-refractivity contribution in [2.24, 2.45) is 17.8 Å². The molecule has 0 saturated heterocycles. The molecule has 2 aromatic carbocycles. The summed E-state index contributed by atoms with van der Waals surface area (Å²) in [5, 5.41) is 0. The lowest BCUT2D eigenvalue weighted by atomic mass is 9.70. The van der Waals surface area contributed by atoms with Gasteiger partial charge in [0.15, 0.2) is 23.2 Å². The fourth-order valence-corrected chi connectivity index (χ4v) is 5.86. The van der Waals surface area contributed by atoms with Crippen molar-refractivity contribution in [1.82, 2.24) is 0 Å². The molecule has 1 fully saturated rings. The molecule has 2 aliphatic rings. The zero-order valence-corrected chi connectivity index (χ0v) is 20.1. The molecule has 5 heteroatoms. The second-order valence-corrected chi connectivity index (χ2v) is 9.79. The third-order valence-corrected chi connectivity index (χ3v) is 7.73. The van der Waals surface area contributed by atoms with Gasteiger partial charge in [-0.15, -0.1) is 0 Å². The molecular formula is C29H34F4O. The summed E-state index contributed by atoms with van der Waals surface area (Å²) < 4.78 is 64.0. The van der Waals surface area contributed by atoms with Gasteiger partial charge in [0.2, 0.25) is 5.82 Å². The molecule has 1 saturated carbocycles. The summed E-state index contributed by atoms with van der Waals surface area (Å²) in [5.41, 5.74) is -0.241. The minimum Gasteiger partial charge on any atom is -0.491 e. The second kappa shape index (κ2) is 11.0. The Bertz CT molecular complexity index is 1020. The van der Waals surface area contributed by atoms with Crippen LogP contribution < -0.4 is 4.74 Å². The van der Waals surface area contributed by atoms with E-state index in [-0.39, 0.29) is 29.4 Å². The maximum atomic E-state index is 15.1. The molecule has 2 aromatic rings. The van der Waals surface area contributed by atoms with Gasteiger partial charge in [-0.2, -0.15) is 4.39 Å². The molecule has 2 unspecified atom stereocenters. The Hall–Kier alpha value is -2.30. The van der Waals surface area contributed by atoms with Crippen molar-refractivity contribution >= 4 is 0 Å². The lowest BCUT2D eigenvalue weighted by molar-refractivity contribution is 0.237. The van der Waals surface area contributed by atoms with E-state index in [0.717, 1.165) is 25.7 Å². The predicted molar refractivity (Wildman–Crippen MR) is 128 cm³/mol. The number of halogens is 4. The number of benzene rings is 2. The zero-order chi connectivity index (χ0) is 24.2. The largest absolute Gasteiger partial charge is 0.491 e. The number of hydrogen-bond donors (Lipinski definition) is 0. The van der Waals surface area contributed by atoms with Crippen LogP contribution in [0.25, 0.3) is 11.1 Å². The molecule has 0 aliphatic heterocycles. The van der Waals surface area contributed by atoms with Crippen molar-refractivity contribution in [3.8, 4) is 16.9 Å². The number of hydrogen-bond acceptors (Lipinski definition) is 1. The highest BCUT2D eigenvalue weighted by atomic mass is 19.2. The standard InChI is InChI=1S/C29H34F4O/c1-3-5-18-6-8-19(9-7-18)20-10-12-21(13-11-20)22-14-15-23(27(31)26(22)30)24-16-17-25(34-4-2)29(33)28(24)32/h6,8,14-21H,3-5,7,9-13H2,1-2H3. The molecule has 0 amide bonds. The Balaban J connectivity index is 1.47. The van der Waals surface area contributed by atoms with Crippen LogP contribution in [-0.4, -0.2) is 6.61 Å². The molecule has 2 atom stereocenters. The molecule has 1 nitrogen and oxygen atoms in total. The zero-order valence-electron chi connectivity index (χ0n) is 20.1. The summed E-state index contributed by atoms with van der Waals surface area (Å²) in [7, 11) is 0. The Kier molecular flexibility index (Phi) is 8.00. The molecular weight excluding hydrogens is 440 g/mol. The van der Waals surface area contributed by atoms with Crippen LogP contribution in [0.3, 0.4) is 0 Å². The topological polar surface area (TPSA) is 9.23 Å². The number of ether oxygens (including phenoxy) is 1. The van der Waals surface area contributed by atoms with Crippen LogP contribution in [0.1, 0.15) is 76.7 Å². The molecule has 0 spiro atoms. The fraction of sp³-hybridized carbons (Fsp3) is 0.517. The first-order valence-corrected chi connectivity index (χ1v) is 12.7. The highest BCUT2D eigenvalue weighted by molar-refractivity contribution is 5.66. The van der Waals surface area contributed by atoms with Gasteiger partial charge < -0.3 is 4.74 Å². The van der Waals surface area contributed by atoms with E-state index in [0.29, 0.717) is 23.3 Å². The highest BCUT2D eigenvalue weighted by Gasteiger charge is 2.31. The molecule has 0 N–H and O–H groups in total. The van der Waals surface area contributed by atoms with Gasteiger partial charge in [-0.1, -0.05) is 37.6 Å². The van der Waals surface area contributed by atoms with Gasteiger partial charge in [0.25, 0.3) is 0 Å². The van der Waals surface area contributed by atoms with Crippen molar-refractivity contribution < 1.29 is 22.3 Å². The first kappa shape index (κ1) is 24.8. The average molecular weight is 475 g/mol. The summed E-state index contributed by atoms with van der Waals surface area (Å²) in [4.78, 5) is 0. The molecule has 0 heterocycles. The third kappa shape index (κ3) is 5.04. The number of rotatable bonds is 7. The Morgan fingerprint density at radius 2 is 1.41 bits per heavy atom. The smallest absolute Gasteiger partial charge is 0.201 e. The van der Waals surface area contributed by atoms with E-state index in [1.54, 1.807) is 13.0 Å². The van der Waals surface area contributed by atoms with Crippen LogP contribution in [0.4, 0.5) is 17.6 Å². The molecule has 0 radical (unpaired) electrons. The van der Waals surface area contributed by atoms with Crippen molar-refractivity contribution in [1.29, 1.82) is 0 Å². The van der Waals surface area contributed by atoms with Gasteiger partial charge in [0, 0.05) is 11.1 Å². The van der Waals surface area contributed by atoms with E-state index < -0.39 is 23.3 Å². The van der Waals surface area contributed by atoms with Crippen LogP contribution >= 0.6 is 0 Å². The molecule has 0 aromatic heterocycles. The minimum atomic E-state index is -1.24. The SMILES string of the molecule is CCCC1C=CC(C2CCC(c3ccc(-c4ccc(OCC)c(F)c4F)c(F)c3F)CC2)CC1. The van der Waals surface area contributed by atoms with Gasteiger partial charge in [0.1, 0.15) is 0 Å². The van der Waals surface area contributed by atoms with E-state index in [4.69, 9.17) is 4.74 Å². The van der Waals surface area contributed by atoms with Gasteiger partial charge in [-0.3, -0.25) is 0 Å². The molecule has 2 aliphatic carbocycles. The van der Waals surface area contributed by atoms with Crippen LogP contribution in [0.15, 0.2) is 36.4 Å². The van der Waals surface area contributed by atoms with Gasteiger partial charge in [-0.25, -0.2) is 13.2 Å². The van der Waals surface area contributed by atoms with Crippen molar-refractivity contribution in [3.63, 3.8) is 0 Å². The fourth-order valence-electron chi connectivity index (χ4n) is 5.86. The maximum absolute atomic E-state index is 15.1. The monoisotopic (exact) mass is 474 g/mol. The third-order valence-electron chi connectivity index (χ3n) is 7.73. The first-order chi connectivity index (χ1) is 16.4. The van der Waals surface area contributed by atoms with E-state index in [1.165, 1.54) is 43.9 Å². The molecule has 4 rings (SSSR count).